The van der Waals surface area contributed by atoms with Crippen LogP contribution in [0, 0.1) is 0 Å². The summed E-state index contributed by atoms with van der Waals surface area (Å²) in [6, 6.07) is 18.4. The molecule has 152 valence electrons. The van der Waals surface area contributed by atoms with E-state index in [9.17, 15) is 14.4 Å². The number of aromatic nitrogens is 2. The minimum Gasteiger partial charge on any atom is -0.322 e. The zero-order valence-corrected chi connectivity index (χ0v) is 16.4. The van der Waals surface area contributed by atoms with Gasteiger partial charge in [0.15, 0.2) is 0 Å². The van der Waals surface area contributed by atoms with Crippen LogP contribution < -0.4 is 10.7 Å². The lowest BCUT2D eigenvalue weighted by atomic mass is 9.93. The van der Waals surface area contributed by atoms with E-state index < -0.39 is 23.4 Å². The van der Waals surface area contributed by atoms with Gasteiger partial charge in [0.05, 0.1) is 17.4 Å². The maximum Gasteiger partial charge on any atom is 0.344 e. The molecule has 1 aliphatic heterocycles. The number of hydrogen-bond donors (Lipinski definition) is 2. The fourth-order valence-corrected chi connectivity index (χ4v) is 3.32. The number of rotatable bonds is 6. The summed E-state index contributed by atoms with van der Waals surface area (Å²) < 4.78 is 1.55. The molecule has 1 saturated heterocycles. The number of carbonyl (C=O) groups excluding carboxylic acids is 3. The summed E-state index contributed by atoms with van der Waals surface area (Å²) in [6.45, 7) is 1.66. The number of amides is 4. The number of carbonyl (C=O) groups is 3. The van der Waals surface area contributed by atoms with Crippen molar-refractivity contribution < 1.29 is 14.4 Å². The second-order valence-electron chi connectivity index (χ2n) is 7.34. The summed E-state index contributed by atoms with van der Waals surface area (Å²) in [5.41, 5.74) is 3.40. The first-order chi connectivity index (χ1) is 14.5. The van der Waals surface area contributed by atoms with Crippen LogP contribution in [0.25, 0.3) is 5.69 Å². The molecule has 8 nitrogen and oxygen atoms in total. The third-order valence-corrected chi connectivity index (χ3v) is 5.10. The fraction of sp³-hybridized carbons (Fsp3) is 0.182. The van der Waals surface area contributed by atoms with Gasteiger partial charge in [-0.2, -0.15) is 10.1 Å². The minimum absolute atomic E-state index is 0.234. The maximum absolute atomic E-state index is 12.9. The number of benzene rings is 2. The van der Waals surface area contributed by atoms with Crippen LogP contribution in [0.2, 0.25) is 0 Å². The van der Waals surface area contributed by atoms with Crippen molar-refractivity contribution >= 4 is 17.8 Å². The molecular formula is C22H21N5O3. The Bertz CT molecular complexity index is 1080. The average Bonchev–Trinajstić information content (AvgIpc) is 3.34. The Morgan fingerprint density at radius 1 is 1.07 bits per heavy atom. The molecule has 1 fully saturated rings. The van der Waals surface area contributed by atoms with E-state index in [1.165, 1.54) is 12.4 Å². The molecule has 4 amide bonds. The van der Waals surface area contributed by atoms with Crippen LogP contribution in [0.4, 0.5) is 4.79 Å². The van der Waals surface area contributed by atoms with E-state index >= 15 is 0 Å². The summed E-state index contributed by atoms with van der Waals surface area (Å²) in [5, 5.41) is 7.60. The predicted molar refractivity (Wildman–Crippen MR) is 110 cm³/mol. The van der Waals surface area contributed by atoms with Crippen molar-refractivity contribution in [1.29, 1.82) is 0 Å². The Hall–Kier alpha value is -3.94. The van der Waals surface area contributed by atoms with Crippen LogP contribution in [0.1, 0.15) is 29.3 Å². The van der Waals surface area contributed by atoms with Gasteiger partial charge in [0, 0.05) is 6.20 Å². The quantitative estimate of drug-likeness (QED) is 0.618. The Morgan fingerprint density at radius 3 is 2.43 bits per heavy atom. The van der Waals surface area contributed by atoms with Crippen LogP contribution in [-0.4, -0.2) is 38.2 Å². The summed E-state index contributed by atoms with van der Waals surface area (Å²) in [5.74, 6) is -1.08. The Balaban J connectivity index is 1.43. The first-order valence-electron chi connectivity index (χ1n) is 9.58. The molecule has 1 atom stereocenters. The zero-order valence-electron chi connectivity index (χ0n) is 16.4. The van der Waals surface area contributed by atoms with Gasteiger partial charge >= 0.3 is 6.03 Å². The largest absolute Gasteiger partial charge is 0.344 e. The van der Waals surface area contributed by atoms with Gasteiger partial charge in [-0.05, 0) is 37.5 Å². The molecule has 0 bridgehead atoms. The molecule has 0 saturated carbocycles. The minimum atomic E-state index is -1.09. The van der Waals surface area contributed by atoms with Crippen LogP contribution in [0.15, 0.2) is 73.1 Å². The Morgan fingerprint density at radius 2 is 1.73 bits per heavy atom. The second-order valence-corrected chi connectivity index (χ2v) is 7.34. The fourth-order valence-electron chi connectivity index (χ4n) is 3.32. The molecule has 1 unspecified atom stereocenters. The molecule has 1 aliphatic rings. The van der Waals surface area contributed by atoms with Crippen molar-refractivity contribution in [2.24, 2.45) is 0 Å². The molecule has 0 radical (unpaired) electrons. The average molecular weight is 403 g/mol. The van der Waals surface area contributed by atoms with E-state index in [2.05, 4.69) is 15.8 Å². The lowest BCUT2D eigenvalue weighted by molar-refractivity contribution is -0.132. The highest BCUT2D eigenvalue weighted by Crippen LogP contribution is 2.22. The third kappa shape index (κ3) is 3.80. The SMILES string of the molecule is CC1(CCc2ccccc2)NC(=O)N(NC(=O)c2cnn(-c3ccccc3)c2)C1=O. The van der Waals surface area contributed by atoms with Crippen LogP contribution in [0.3, 0.4) is 0 Å². The molecule has 8 heteroatoms. The number of hydrogen-bond acceptors (Lipinski definition) is 4. The van der Waals surface area contributed by atoms with E-state index in [4.69, 9.17) is 0 Å². The topological polar surface area (TPSA) is 96.3 Å². The van der Waals surface area contributed by atoms with Gasteiger partial charge in [0.1, 0.15) is 5.54 Å². The Labute approximate surface area is 173 Å². The van der Waals surface area contributed by atoms with E-state index in [0.717, 1.165) is 16.3 Å². The van der Waals surface area contributed by atoms with Gasteiger partial charge < -0.3 is 5.32 Å². The van der Waals surface area contributed by atoms with E-state index in [0.29, 0.717) is 12.8 Å². The third-order valence-electron chi connectivity index (χ3n) is 5.10. The van der Waals surface area contributed by atoms with Gasteiger partial charge in [-0.15, -0.1) is 0 Å². The molecular weight excluding hydrogens is 382 g/mol. The van der Waals surface area contributed by atoms with E-state index in [-0.39, 0.29) is 5.56 Å². The molecule has 4 rings (SSSR count). The summed E-state index contributed by atoms with van der Waals surface area (Å²) >= 11 is 0. The van der Waals surface area contributed by atoms with Crippen molar-refractivity contribution in [3.05, 3.63) is 84.2 Å². The number of nitrogens with one attached hydrogen (secondary N) is 2. The van der Waals surface area contributed by atoms with Crippen LogP contribution in [-0.2, 0) is 11.2 Å². The van der Waals surface area contributed by atoms with Gasteiger partial charge in [-0.3, -0.25) is 15.0 Å². The summed E-state index contributed by atoms with van der Waals surface area (Å²) in [6.07, 6.45) is 3.96. The maximum atomic E-state index is 12.9. The highest BCUT2D eigenvalue weighted by molar-refractivity contribution is 6.09. The van der Waals surface area contributed by atoms with Gasteiger partial charge in [-0.25, -0.2) is 9.48 Å². The Kier molecular flexibility index (Phi) is 5.05. The molecule has 2 N–H and O–H groups in total. The highest BCUT2D eigenvalue weighted by atomic mass is 16.2. The van der Waals surface area contributed by atoms with Gasteiger partial charge in [0.25, 0.3) is 11.8 Å². The summed E-state index contributed by atoms with van der Waals surface area (Å²) in [4.78, 5) is 37.8. The van der Waals surface area contributed by atoms with E-state index in [1.807, 2.05) is 60.7 Å². The lowest BCUT2D eigenvalue weighted by Crippen LogP contribution is -2.48. The van der Waals surface area contributed by atoms with Gasteiger partial charge in [0.2, 0.25) is 0 Å². The molecule has 0 spiro atoms. The van der Waals surface area contributed by atoms with Gasteiger partial charge in [-0.1, -0.05) is 48.5 Å². The van der Waals surface area contributed by atoms with Crippen molar-refractivity contribution in [3.8, 4) is 5.69 Å². The van der Waals surface area contributed by atoms with Crippen molar-refractivity contribution in [2.75, 3.05) is 0 Å². The van der Waals surface area contributed by atoms with Crippen molar-refractivity contribution in [3.63, 3.8) is 0 Å². The predicted octanol–water partition coefficient (Wildman–Crippen LogP) is 2.46. The molecule has 3 aromatic rings. The number of nitrogens with zero attached hydrogens (tertiary/aromatic N) is 3. The first kappa shape index (κ1) is 19.4. The number of aryl methyl sites for hydroxylation is 1. The van der Waals surface area contributed by atoms with E-state index in [1.54, 1.807) is 11.6 Å². The first-order valence-corrected chi connectivity index (χ1v) is 9.58. The normalized spacial score (nSPS) is 18.4. The van der Waals surface area contributed by atoms with Crippen molar-refractivity contribution in [2.45, 2.75) is 25.3 Å². The van der Waals surface area contributed by atoms with Crippen LogP contribution >= 0.6 is 0 Å². The standard InChI is InChI=1S/C22H21N5O3/c1-22(13-12-16-8-4-2-5-9-16)20(29)27(21(30)24-22)25-19(28)17-14-23-26(15-17)18-10-6-3-7-11-18/h2-11,14-15H,12-13H2,1H3,(H,24,30)(H,25,28). The smallest absolute Gasteiger partial charge is 0.322 e. The summed E-state index contributed by atoms with van der Waals surface area (Å²) in [7, 11) is 0. The highest BCUT2D eigenvalue weighted by Gasteiger charge is 2.48. The number of hydrazine groups is 1. The molecule has 30 heavy (non-hydrogen) atoms. The van der Waals surface area contributed by atoms with Crippen LogP contribution in [0.5, 0.6) is 0 Å². The second kappa shape index (κ2) is 7.82. The molecule has 1 aromatic heterocycles. The zero-order chi connectivity index (χ0) is 21.1. The molecule has 2 aromatic carbocycles. The number of para-hydroxylation sites is 1. The van der Waals surface area contributed by atoms with Crippen molar-refractivity contribution in [1.82, 2.24) is 25.5 Å². The number of urea groups is 1. The number of imide groups is 1. The lowest BCUT2D eigenvalue weighted by Gasteiger charge is -2.21. The monoisotopic (exact) mass is 403 g/mol. The molecule has 0 aliphatic carbocycles. The molecule has 2 heterocycles.